The Labute approximate surface area is 238 Å². The van der Waals surface area contributed by atoms with Gasteiger partial charge >= 0.3 is 12.8 Å². The molecule has 1 aromatic heterocycles. The second-order valence-electron chi connectivity index (χ2n) is 10.3. The second kappa shape index (κ2) is 12.6. The Morgan fingerprint density at radius 3 is 2.61 bits per heavy atom. The molecule has 2 atom stereocenters. The summed E-state index contributed by atoms with van der Waals surface area (Å²) in [5.74, 6) is 5.36. The highest BCUT2D eigenvalue weighted by molar-refractivity contribution is 7.70. The number of alkyl halides is 6. The van der Waals surface area contributed by atoms with Crippen molar-refractivity contribution in [1.82, 2.24) is 4.90 Å². The Kier molecular flexibility index (Phi) is 9.52. The lowest BCUT2D eigenvalue weighted by Gasteiger charge is -2.33. The Morgan fingerprint density at radius 2 is 1.95 bits per heavy atom. The Balaban J connectivity index is 1.61. The maximum atomic E-state index is 14.7. The van der Waals surface area contributed by atoms with Gasteiger partial charge in [-0.2, -0.15) is 22.0 Å². The predicted molar refractivity (Wildman–Crippen MR) is 154 cm³/mol. The smallest absolute Gasteiger partial charge is 0.393 e. The van der Waals surface area contributed by atoms with Crippen molar-refractivity contribution in [3.63, 3.8) is 0 Å². The van der Waals surface area contributed by atoms with Gasteiger partial charge < -0.3 is 24.8 Å². The van der Waals surface area contributed by atoms with Crippen LogP contribution in [0.4, 0.5) is 37.7 Å². The van der Waals surface area contributed by atoms with E-state index in [2.05, 4.69) is 27.2 Å². The van der Waals surface area contributed by atoms with Crippen molar-refractivity contribution in [2.75, 3.05) is 50.6 Å². The first-order chi connectivity index (χ1) is 19.2. The van der Waals surface area contributed by atoms with Crippen LogP contribution in [0.25, 0.3) is 10.1 Å². The van der Waals surface area contributed by atoms with Gasteiger partial charge in [-0.05, 0) is 62.0 Å². The van der Waals surface area contributed by atoms with Gasteiger partial charge in [-0.3, -0.25) is 0 Å². The van der Waals surface area contributed by atoms with E-state index >= 15 is 0 Å². The molecule has 0 bridgehead atoms. The van der Waals surface area contributed by atoms with Gasteiger partial charge in [0, 0.05) is 18.4 Å². The van der Waals surface area contributed by atoms with E-state index in [9.17, 15) is 30.9 Å². The molecule has 0 spiro atoms. The third-order valence-electron chi connectivity index (χ3n) is 6.65. The number of likely N-dealkylation sites (tertiary alicyclic amines) is 1. The average Bonchev–Trinajstić information content (AvgIpc) is 3.20. The monoisotopic (exact) mass is 617 g/mol. The van der Waals surface area contributed by atoms with Crippen molar-refractivity contribution in [3.8, 4) is 17.6 Å². The number of rotatable bonds is 8. The third kappa shape index (κ3) is 8.12. The number of fused-ring (bicyclic) bond motifs is 1. The van der Waals surface area contributed by atoms with Crippen molar-refractivity contribution in [1.29, 1.82) is 0 Å². The van der Waals surface area contributed by atoms with E-state index in [0.717, 1.165) is 11.3 Å². The molecule has 2 heterocycles. The molecule has 4 rings (SSSR count). The number of nitrogens with zero attached hydrogens (tertiary/aromatic N) is 1. The molecule has 1 aliphatic rings. The predicted octanol–water partition coefficient (Wildman–Crippen LogP) is 6.77. The average molecular weight is 618 g/mol. The molecule has 1 saturated heterocycles. The fraction of sp³-hybridized carbons (Fsp3) is 0.429. The van der Waals surface area contributed by atoms with E-state index < -0.39 is 38.6 Å². The molecule has 3 aromatic rings. The third-order valence-corrected chi connectivity index (χ3v) is 9.37. The zero-order valence-corrected chi connectivity index (χ0v) is 24.3. The summed E-state index contributed by atoms with van der Waals surface area (Å²) < 4.78 is 98.7. The number of hydrogen-bond donors (Lipinski definition) is 2. The lowest BCUT2D eigenvalue weighted by molar-refractivity contribution is -0.126. The van der Waals surface area contributed by atoms with Gasteiger partial charge in [-0.15, -0.1) is 11.3 Å². The van der Waals surface area contributed by atoms with E-state index in [4.69, 9.17) is 0 Å². The molecule has 1 fully saturated rings. The van der Waals surface area contributed by atoms with Crippen molar-refractivity contribution >= 4 is 45.2 Å². The van der Waals surface area contributed by atoms with Crippen LogP contribution in [0.3, 0.4) is 0 Å². The molecule has 0 aliphatic carbocycles. The van der Waals surface area contributed by atoms with E-state index in [1.807, 2.05) is 11.9 Å². The van der Waals surface area contributed by atoms with Gasteiger partial charge in [0.1, 0.15) is 19.1 Å². The number of thiophene rings is 1. The SMILES string of the molecule is CN1CCC(Nc2cccc3c(CC(F)(F)F)c(C#CCNc4ccc(P(C)(C)=O)cc4OC(F)F)sc23)C(F)C1. The van der Waals surface area contributed by atoms with Gasteiger partial charge in [0.05, 0.1) is 40.0 Å². The summed E-state index contributed by atoms with van der Waals surface area (Å²) in [6, 6.07) is 8.74. The summed E-state index contributed by atoms with van der Waals surface area (Å²) in [5, 5.41) is 6.79. The minimum Gasteiger partial charge on any atom is -0.433 e. The van der Waals surface area contributed by atoms with Gasteiger partial charge in [0.25, 0.3) is 0 Å². The van der Waals surface area contributed by atoms with Crippen LogP contribution in [-0.4, -0.2) is 69.9 Å². The van der Waals surface area contributed by atoms with Crippen LogP contribution >= 0.6 is 18.5 Å². The number of hydrogen-bond acceptors (Lipinski definition) is 6. The molecule has 41 heavy (non-hydrogen) atoms. The first-order valence-corrected chi connectivity index (χ1v) is 16.2. The van der Waals surface area contributed by atoms with E-state index in [1.54, 1.807) is 18.2 Å². The zero-order valence-electron chi connectivity index (χ0n) is 22.6. The zero-order chi connectivity index (χ0) is 29.9. The number of halogens is 6. The van der Waals surface area contributed by atoms with Crippen LogP contribution in [0, 0.1) is 11.8 Å². The van der Waals surface area contributed by atoms with E-state index in [1.165, 1.54) is 31.5 Å². The summed E-state index contributed by atoms with van der Waals surface area (Å²) in [7, 11) is -0.904. The molecule has 222 valence electrons. The van der Waals surface area contributed by atoms with Crippen LogP contribution in [0.2, 0.25) is 0 Å². The fourth-order valence-corrected chi connectivity index (χ4v) is 6.66. The molecule has 0 radical (unpaired) electrons. The topological polar surface area (TPSA) is 53.6 Å². The fourth-order valence-electron chi connectivity index (χ4n) is 4.63. The quantitative estimate of drug-likeness (QED) is 0.166. The molecule has 5 nitrogen and oxygen atoms in total. The van der Waals surface area contributed by atoms with Crippen LogP contribution in [-0.2, 0) is 11.0 Å². The largest absolute Gasteiger partial charge is 0.433 e. The molecule has 0 amide bonds. The molecule has 13 heteroatoms. The summed E-state index contributed by atoms with van der Waals surface area (Å²) in [5.41, 5.74) is 0.757. The lowest BCUT2D eigenvalue weighted by Crippen LogP contribution is -2.46. The summed E-state index contributed by atoms with van der Waals surface area (Å²) in [6.07, 6.45) is -6.24. The first-order valence-electron chi connectivity index (χ1n) is 12.8. The van der Waals surface area contributed by atoms with Gasteiger partial charge in [0.15, 0.2) is 0 Å². The van der Waals surface area contributed by atoms with Crippen molar-refractivity contribution < 1.29 is 35.6 Å². The molecule has 2 N–H and O–H groups in total. The maximum absolute atomic E-state index is 14.7. The van der Waals surface area contributed by atoms with E-state index in [-0.39, 0.29) is 35.0 Å². The Bertz CT molecular complexity index is 1490. The number of anilines is 2. The number of nitrogens with one attached hydrogen (secondary N) is 2. The van der Waals surface area contributed by atoms with Crippen molar-refractivity contribution in [2.24, 2.45) is 0 Å². The molecule has 2 unspecified atom stereocenters. The van der Waals surface area contributed by atoms with Gasteiger partial charge in [-0.25, -0.2) is 4.39 Å². The van der Waals surface area contributed by atoms with Crippen LogP contribution < -0.4 is 20.7 Å². The Hall–Kier alpha value is -2.87. The molecular formula is C28H30F6N3O2PS. The van der Waals surface area contributed by atoms with Crippen molar-refractivity contribution in [2.45, 2.75) is 37.8 Å². The summed E-state index contributed by atoms with van der Waals surface area (Å²) in [6.45, 7) is 0.772. The minimum atomic E-state index is -4.48. The molecule has 2 aromatic carbocycles. The first kappa shape index (κ1) is 31.1. The van der Waals surface area contributed by atoms with Crippen LogP contribution in [0.1, 0.15) is 16.9 Å². The lowest BCUT2D eigenvalue weighted by atomic mass is 10.0. The minimum absolute atomic E-state index is 0.0292. The summed E-state index contributed by atoms with van der Waals surface area (Å²) >= 11 is 1.09. The number of piperidine rings is 1. The van der Waals surface area contributed by atoms with Crippen LogP contribution in [0.5, 0.6) is 5.75 Å². The van der Waals surface area contributed by atoms with Gasteiger partial charge in [0.2, 0.25) is 0 Å². The van der Waals surface area contributed by atoms with Crippen molar-refractivity contribution in [3.05, 3.63) is 46.8 Å². The highest BCUT2D eigenvalue weighted by atomic mass is 32.1. The normalized spacial score (nSPS) is 18.3. The highest BCUT2D eigenvalue weighted by Crippen LogP contribution is 2.40. The second-order valence-corrected chi connectivity index (χ2v) is 14.5. The summed E-state index contributed by atoms with van der Waals surface area (Å²) in [4.78, 5) is 2.10. The number of benzene rings is 2. The molecule has 0 saturated carbocycles. The van der Waals surface area contributed by atoms with Gasteiger partial charge in [-0.1, -0.05) is 24.0 Å². The van der Waals surface area contributed by atoms with E-state index in [0.29, 0.717) is 34.0 Å². The maximum Gasteiger partial charge on any atom is 0.393 e. The standard InChI is InChI=1S/C28H30F6N3O2PS/c1-37-13-11-21(20(29)16-37)36-23-7-4-6-18-19(15-28(32,33)34)25(41-26(18)23)8-5-12-35-22-10-9-17(40(2,3)38)14-24(22)39-27(30)31/h4,6-7,9-10,14,20-21,27,35-36H,11-13,15-16H2,1-3H3. The molecule has 1 aliphatic heterocycles. The number of ether oxygens (including phenoxy) is 1. The highest BCUT2D eigenvalue weighted by Gasteiger charge is 2.32. The Morgan fingerprint density at radius 1 is 1.20 bits per heavy atom. The van der Waals surface area contributed by atoms with Crippen LogP contribution in [0.15, 0.2) is 36.4 Å². The molecular weight excluding hydrogens is 587 g/mol.